The molecule has 1 heteroatoms. The summed E-state index contributed by atoms with van der Waals surface area (Å²) in [6.45, 7) is 3.00. The Morgan fingerprint density at radius 3 is 2.88 bits per heavy atom. The zero-order valence-corrected chi connectivity index (χ0v) is 5.39. The van der Waals surface area contributed by atoms with Crippen LogP contribution in [0.1, 0.15) is 26.2 Å². The fourth-order valence-corrected chi connectivity index (χ4v) is 0.557. The molecule has 0 atom stereocenters. The molecule has 0 bridgehead atoms. The highest BCUT2D eigenvalue weighted by molar-refractivity contribution is 4.74. The Kier molecular flexibility index (Phi) is 2.34. The van der Waals surface area contributed by atoms with Crippen molar-refractivity contribution in [2.45, 2.75) is 32.3 Å². The Morgan fingerprint density at radius 2 is 2.38 bits per heavy atom. The molecular weight excluding hydrogens is 100 g/mol. The smallest absolute Gasteiger partial charge is 0.0577 e. The quantitative estimate of drug-likeness (QED) is 0.505. The average Bonchev–Trinajstić information content (AvgIpc) is 2.51. The largest absolute Gasteiger partial charge is 0.378 e. The summed E-state index contributed by atoms with van der Waals surface area (Å²) in [5.41, 5.74) is 0. The van der Waals surface area contributed by atoms with Crippen LogP contribution in [0.2, 0.25) is 0 Å². The van der Waals surface area contributed by atoms with E-state index in [4.69, 9.17) is 4.74 Å². The molecule has 0 aromatic heterocycles. The van der Waals surface area contributed by atoms with Gasteiger partial charge in [0.2, 0.25) is 0 Å². The first-order valence-electron chi connectivity index (χ1n) is 3.36. The first-order valence-corrected chi connectivity index (χ1v) is 3.36. The molecular formula is C7H13O. The Hall–Kier alpha value is -0.0400. The van der Waals surface area contributed by atoms with Gasteiger partial charge in [-0.15, -0.1) is 0 Å². The SMILES string of the molecule is CC[CH]COC1CC1. The number of rotatable bonds is 4. The van der Waals surface area contributed by atoms with Crippen LogP contribution < -0.4 is 0 Å². The van der Waals surface area contributed by atoms with Crippen molar-refractivity contribution < 1.29 is 4.74 Å². The molecule has 1 aliphatic carbocycles. The van der Waals surface area contributed by atoms with Crippen molar-refractivity contribution in [2.75, 3.05) is 6.61 Å². The van der Waals surface area contributed by atoms with Crippen molar-refractivity contribution in [3.63, 3.8) is 0 Å². The van der Waals surface area contributed by atoms with Crippen molar-refractivity contribution >= 4 is 0 Å². The van der Waals surface area contributed by atoms with Gasteiger partial charge in [-0.3, -0.25) is 0 Å². The van der Waals surface area contributed by atoms with E-state index in [1.165, 1.54) is 12.8 Å². The van der Waals surface area contributed by atoms with Gasteiger partial charge in [-0.2, -0.15) is 0 Å². The normalized spacial score (nSPS) is 19.1. The van der Waals surface area contributed by atoms with Gasteiger partial charge in [-0.1, -0.05) is 13.3 Å². The molecule has 1 rings (SSSR count). The Morgan fingerprint density at radius 1 is 1.62 bits per heavy atom. The summed E-state index contributed by atoms with van der Waals surface area (Å²) < 4.78 is 5.34. The van der Waals surface area contributed by atoms with Gasteiger partial charge < -0.3 is 4.74 Å². The first-order chi connectivity index (χ1) is 3.93. The van der Waals surface area contributed by atoms with E-state index in [1.807, 2.05) is 0 Å². The van der Waals surface area contributed by atoms with Gasteiger partial charge in [-0.25, -0.2) is 0 Å². The molecule has 47 valence electrons. The predicted molar refractivity (Wildman–Crippen MR) is 33.6 cm³/mol. The molecule has 0 heterocycles. The lowest BCUT2D eigenvalue weighted by Crippen LogP contribution is -1.95. The molecule has 0 aromatic carbocycles. The molecule has 1 aliphatic rings. The molecule has 1 saturated carbocycles. The lowest BCUT2D eigenvalue weighted by molar-refractivity contribution is 0.137. The van der Waals surface area contributed by atoms with Gasteiger partial charge in [-0.05, 0) is 19.3 Å². The minimum absolute atomic E-state index is 0.623. The standard InChI is InChI=1S/C7H13O/c1-2-3-6-8-7-4-5-7/h3,7H,2,4-6H2,1H3. The number of unbranched alkanes of at least 4 members (excludes halogenated alkanes) is 1. The fraction of sp³-hybridized carbons (Fsp3) is 0.857. The van der Waals surface area contributed by atoms with E-state index >= 15 is 0 Å². The van der Waals surface area contributed by atoms with Crippen molar-refractivity contribution in [2.24, 2.45) is 0 Å². The Labute approximate surface area is 51.0 Å². The second-order valence-corrected chi connectivity index (χ2v) is 2.23. The van der Waals surface area contributed by atoms with E-state index in [9.17, 15) is 0 Å². The predicted octanol–water partition coefficient (Wildman–Crippen LogP) is 1.78. The third-order valence-corrected chi connectivity index (χ3v) is 1.26. The summed E-state index contributed by atoms with van der Waals surface area (Å²) in [4.78, 5) is 0. The van der Waals surface area contributed by atoms with Crippen molar-refractivity contribution in [3.05, 3.63) is 6.42 Å². The number of hydrogen-bond acceptors (Lipinski definition) is 1. The van der Waals surface area contributed by atoms with Crippen LogP contribution in [-0.2, 0) is 4.74 Å². The molecule has 0 saturated heterocycles. The third kappa shape index (κ3) is 2.31. The molecule has 8 heavy (non-hydrogen) atoms. The molecule has 0 N–H and O–H groups in total. The average molecular weight is 113 g/mol. The second kappa shape index (κ2) is 3.08. The van der Waals surface area contributed by atoms with E-state index in [-0.39, 0.29) is 0 Å². The second-order valence-electron chi connectivity index (χ2n) is 2.23. The van der Waals surface area contributed by atoms with Crippen molar-refractivity contribution in [3.8, 4) is 0 Å². The molecule has 0 aliphatic heterocycles. The molecule has 0 aromatic rings. The zero-order valence-electron chi connectivity index (χ0n) is 5.39. The van der Waals surface area contributed by atoms with Crippen LogP contribution in [0.25, 0.3) is 0 Å². The van der Waals surface area contributed by atoms with Gasteiger partial charge in [0.15, 0.2) is 0 Å². The van der Waals surface area contributed by atoms with E-state index in [1.54, 1.807) is 0 Å². The first kappa shape index (κ1) is 6.09. The lowest BCUT2D eigenvalue weighted by atomic mass is 10.4. The van der Waals surface area contributed by atoms with Gasteiger partial charge in [0.25, 0.3) is 0 Å². The van der Waals surface area contributed by atoms with Crippen LogP contribution in [0.5, 0.6) is 0 Å². The van der Waals surface area contributed by atoms with Gasteiger partial charge in [0.1, 0.15) is 0 Å². The van der Waals surface area contributed by atoms with Gasteiger partial charge in [0.05, 0.1) is 12.7 Å². The summed E-state index contributed by atoms with van der Waals surface area (Å²) >= 11 is 0. The van der Waals surface area contributed by atoms with Crippen molar-refractivity contribution in [1.82, 2.24) is 0 Å². The third-order valence-electron chi connectivity index (χ3n) is 1.26. The number of hydrogen-bond donors (Lipinski definition) is 0. The summed E-state index contributed by atoms with van der Waals surface area (Å²) in [6.07, 6.45) is 6.50. The summed E-state index contributed by atoms with van der Waals surface area (Å²) in [5.74, 6) is 0. The summed E-state index contributed by atoms with van der Waals surface area (Å²) in [6, 6.07) is 0. The minimum atomic E-state index is 0.623. The van der Waals surface area contributed by atoms with Crippen LogP contribution in [0.15, 0.2) is 0 Å². The summed E-state index contributed by atoms with van der Waals surface area (Å²) in [7, 11) is 0. The molecule has 1 radical (unpaired) electrons. The van der Waals surface area contributed by atoms with Crippen LogP contribution in [0.4, 0.5) is 0 Å². The molecule has 1 fully saturated rings. The molecule has 0 spiro atoms. The van der Waals surface area contributed by atoms with E-state index < -0.39 is 0 Å². The monoisotopic (exact) mass is 113 g/mol. The zero-order chi connectivity index (χ0) is 5.82. The van der Waals surface area contributed by atoms with Gasteiger partial charge >= 0.3 is 0 Å². The Balaban J connectivity index is 1.74. The van der Waals surface area contributed by atoms with E-state index in [0.717, 1.165) is 13.0 Å². The highest BCUT2D eigenvalue weighted by Gasteiger charge is 2.21. The van der Waals surface area contributed by atoms with Crippen LogP contribution in [-0.4, -0.2) is 12.7 Å². The molecule has 0 unspecified atom stereocenters. The molecule has 1 nitrogen and oxygen atoms in total. The van der Waals surface area contributed by atoms with Crippen LogP contribution >= 0.6 is 0 Å². The number of ether oxygens (including phenoxy) is 1. The maximum Gasteiger partial charge on any atom is 0.0577 e. The van der Waals surface area contributed by atoms with Crippen molar-refractivity contribution in [1.29, 1.82) is 0 Å². The maximum absolute atomic E-state index is 5.34. The fourth-order valence-electron chi connectivity index (χ4n) is 0.557. The lowest BCUT2D eigenvalue weighted by Gasteiger charge is -1.96. The maximum atomic E-state index is 5.34. The molecule has 0 amide bonds. The minimum Gasteiger partial charge on any atom is -0.378 e. The van der Waals surface area contributed by atoms with Gasteiger partial charge in [0, 0.05) is 0 Å². The summed E-state index contributed by atoms with van der Waals surface area (Å²) in [5, 5.41) is 0. The van der Waals surface area contributed by atoms with Crippen LogP contribution in [0.3, 0.4) is 0 Å². The highest BCUT2D eigenvalue weighted by atomic mass is 16.5. The topological polar surface area (TPSA) is 9.23 Å². The Bertz CT molecular complexity index is 57.4. The van der Waals surface area contributed by atoms with E-state index in [2.05, 4.69) is 13.3 Å². The van der Waals surface area contributed by atoms with E-state index in [0.29, 0.717) is 6.10 Å². The highest BCUT2D eigenvalue weighted by Crippen LogP contribution is 2.23. The van der Waals surface area contributed by atoms with Crippen LogP contribution in [0, 0.1) is 6.42 Å².